The van der Waals surface area contributed by atoms with Crippen LogP contribution in [0.5, 0.6) is 0 Å². The SMILES string of the molecule is CCc1ccc(Nc2ccc(CC(C)O)cc2)c(N)c1. The molecule has 0 spiro atoms. The molecule has 0 aliphatic rings. The highest BCUT2D eigenvalue weighted by atomic mass is 16.3. The molecule has 0 amide bonds. The van der Waals surface area contributed by atoms with Crippen LogP contribution in [0.15, 0.2) is 42.5 Å². The van der Waals surface area contributed by atoms with E-state index >= 15 is 0 Å². The number of benzene rings is 2. The van der Waals surface area contributed by atoms with Crippen LogP contribution in [-0.2, 0) is 12.8 Å². The first-order valence-electron chi connectivity index (χ1n) is 7.01. The molecule has 1 unspecified atom stereocenters. The summed E-state index contributed by atoms with van der Waals surface area (Å²) in [4.78, 5) is 0. The molecule has 0 fully saturated rings. The first-order chi connectivity index (χ1) is 9.58. The van der Waals surface area contributed by atoms with E-state index in [2.05, 4.69) is 18.3 Å². The lowest BCUT2D eigenvalue weighted by Gasteiger charge is -2.11. The van der Waals surface area contributed by atoms with Crippen molar-refractivity contribution in [3.8, 4) is 0 Å². The highest BCUT2D eigenvalue weighted by molar-refractivity contribution is 5.73. The molecule has 0 radical (unpaired) electrons. The smallest absolute Gasteiger partial charge is 0.0618 e. The number of hydrogen-bond donors (Lipinski definition) is 3. The molecule has 2 aromatic carbocycles. The molecule has 0 aromatic heterocycles. The molecule has 2 rings (SSSR count). The van der Waals surface area contributed by atoms with Gasteiger partial charge in [0.15, 0.2) is 0 Å². The van der Waals surface area contributed by atoms with E-state index in [0.29, 0.717) is 6.42 Å². The molecule has 4 N–H and O–H groups in total. The van der Waals surface area contributed by atoms with Gasteiger partial charge in [-0.2, -0.15) is 0 Å². The molecule has 1 atom stereocenters. The fraction of sp³-hybridized carbons (Fsp3) is 0.294. The van der Waals surface area contributed by atoms with Gasteiger partial charge in [-0.25, -0.2) is 0 Å². The molecular formula is C17H22N2O. The number of aliphatic hydroxyl groups is 1. The average molecular weight is 270 g/mol. The van der Waals surface area contributed by atoms with Crippen LogP contribution in [0.3, 0.4) is 0 Å². The highest BCUT2D eigenvalue weighted by Crippen LogP contribution is 2.24. The first-order valence-corrected chi connectivity index (χ1v) is 7.01. The van der Waals surface area contributed by atoms with Crippen LogP contribution in [-0.4, -0.2) is 11.2 Å². The van der Waals surface area contributed by atoms with E-state index in [1.807, 2.05) is 36.4 Å². The Balaban J connectivity index is 2.10. The third kappa shape index (κ3) is 3.75. The summed E-state index contributed by atoms with van der Waals surface area (Å²) in [5.41, 5.74) is 11.1. The van der Waals surface area contributed by atoms with Crippen LogP contribution in [0, 0.1) is 0 Å². The molecule has 3 nitrogen and oxygen atoms in total. The summed E-state index contributed by atoms with van der Waals surface area (Å²) in [5, 5.41) is 12.7. The molecule has 20 heavy (non-hydrogen) atoms. The Morgan fingerprint density at radius 2 is 1.75 bits per heavy atom. The second-order valence-electron chi connectivity index (χ2n) is 5.15. The summed E-state index contributed by atoms with van der Waals surface area (Å²) in [7, 11) is 0. The maximum atomic E-state index is 9.36. The zero-order valence-corrected chi connectivity index (χ0v) is 12.1. The summed E-state index contributed by atoms with van der Waals surface area (Å²) in [5.74, 6) is 0. The lowest BCUT2D eigenvalue weighted by molar-refractivity contribution is 0.195. The number of nitrogens with two attached hydrogens (primary N) is 1. The fourth-order valence-electron chi connectivity index (χ4n) is 2.17. The lowest BCUT2D eigenvalue weighted by atomic mass is 10.1. The van der Waals surface area contributed by atoms with Crippen molar-refractivity contribution in [3.63, 3.8) is 0 Å². The van der Waals surface area contributed by atoms with Crippen molar-refractivity contribution < 1.29 is 5.11 Å². The van der Waals surface area contributed by atoms with Gasteiger partial charge in [0.2, 0.25) is 0 Å². The van der Waals surface area contributed by atoms with Crippen molar-refractivity contribution in [1.82, 2.24) is 0 Å². The summed E-state index contributed by atoms with van der Waals surface area (Å²) in [6.45, 7) is 3.91. The molecule has 106 valence electrons. The number of rotatable bonds is 5. The Bertz CT molecular complexity index is 562. The predicted molar refractivity (Wildman–Crippen MR) is 85.3 cm³/mol. The molecule has 2 aromatic rings. The molecule has 0 aliphatic heterocycles. The van der Waals surface area contributed by atoms with Gasteiger partial charge in [-0.1, -0.05) is 25.1 Å². The minimum atomic E-state index is -0.314. The Hall–Kier alpha value is -2.00. The summed E-state index contributed by atoms with van der Waals surface area (Å²) in [6.07, 6.45) is 1.35. The van der Waals surface area contributed by atoms with Gasteiger partial charge < -0.3 is 16.2 Å². The standard InChI is InChI=1S/C17H22N2O/c1-3-13-6-9-17(16(18)11-13)19-15-7-4-14(5-8-15)10-12(2)20/h4-9,11-12,19-20H,3,10,18H2,1-2H3. The van der Waals surface area contributed by atoms with Crippen LogP contribution in [0.2, 0.25) is 0 Å². The summed E-state index contributed by atoms with van der Waals surface area (Å²) >= 11 is 0. The van der Waals surface area contributed by atoms with E-state index < -0.39 is 0 Å². The third-order valence-corrected chi connectivity index (χ3v) is 3.29. The summed E-state index contributed by atoms with van der Waals surface area (Å²) in [6, 6.07) is 14.1. The van der Waals surface area contributed by atoms with Crippen molar-refractivity contribution in [3.05, 3.63) is 53.6 Å². The maximum Gasteiger partial charge on any atom is 0.0618 e. The molecular weight excluding hydrogens is 248 g/mol. The van der Waals surface area contributed by atoms with E-state index in [9.17, 15) is 5.11 Å². The maximum absolute atomic E-state index is 9.36. The molecule has 0 saturated carbocycles. The first kappa shape index (κ1) is 14.4. The van der Waals surface area contributed by atoms with Gasteiger partial charge in [0.05, 0.1) is 17.5 Å². The minimum absolute atomic E-state index is 0.314. The zero-order chi connectivity index (χ0) is 14.5. The number of nitrogens with one attached hydrogen (secondary N) is 1. The number of aryl methyl sites for hydroxylation is 1. The Morgan fingerprint density at radius 3 is 2.30 bits per heavy atom. The van der Waals surface area contributed by atoms with Gasteiger partial charge in [-0.3, -0.25) is 0 Å². The van der Waals surface area contributed by atoms with Crippen LogP contribution < -0.4 is 11.1 Å². The molecule has 0 bridgehead atoms. The van der Waals surface area contributed by atoms with Crippen molar-refractivity contribution >= 4 is 17.1 Å². The van der Waals surface area contributed by atoms with E-state index in [0.717, 1.165) is 29.0 Å². The van der Waals surface area contributed by atoms with Crippen LogP contribution in [0.4, 0.5) is 17.1 Å². The fourth-order valence-corrected chi connectivity index (χ4v) is 2.17. The van der Waals surface area contributed by atoms with Crippen molar-refractivity contribution in [2.24, 2.45) is 0 Å². The van der Waals surface area contributed by atoms with Crippen LogP contribution in [0.25, 0.3) is 0 Å². The normalized spacial score (nSPS) is 12.2. The minimum Gasteiger partial charge on any atom is -0.397 e. The monoisotopic (exact) mass is 270 g/mol. The Labute approximate surface area is 120 Å². The van der Waals surface area contributed by atoms with E-state index in [1.165, 1.54) is 5.56 Å². The number of anilines is 3. The van der Waals surface area contributed by atoms with Gasteiger partial charge in [-0.05, 0) is 55.2 Å². The third-order valence-electron chi connectivity index (χ3n) is 3.29. The highest BCUT2D eigenvalue weighted by Gasteiger charge is 2.02. The number of aliphatic hydroxyl groups excluding tert-OH is 1. The van der Waals surface area contributed by atoms with Gasteiger partial charge in [0, 0.05) is 5.69 Å². The predicted octanol–water partition coefficient (Wildman–Crippen LogP) is 3.50. The van der Waals surface area contributed by atoms with Gasteiger partial charge in [-0.15, -0.1) is 0 Å². The number of hydrogen-bond acceptors (Lipinski definition) is 3. The van der Waals surface area contributed by atoms with Crippen LogP contribution in [0.1, 0.15) is 25.0 Å². The van der Waals surface area contributed by atoms with Gasteiger partial charge >= 0.3 is 0 Å². The largest absolute Gasteiger partial charge is 0.397 e. The second kappa shape index (κ2) is 6.44. The van der Waals surface area contributed by atoms with Crippen LogP contribution >= 0.6 is 0 Å². The topological polar surface area (TPSA) is 58.3 Å². The molecule has 0 saturated heterocycles. The number of nitrogen functional groups attached to an aromatic ring is 1. The van der Waals surface area contributed by atoms with Crippen molar-refractivity contribution in [2.45, 2.75) is 32.8 Å². The lowest BCUT2D eigenvalue weighted by Crippen LogP contribution is -2.04. The summed E-state index contributed by atoms with van der Waals surface area (Å²) < 4.78 is 0. The molecule has 0 heterocycles. The quantitative estimate of drug-likeness (QED) is 0.729. The van der Waals surface area contributed by atoms with Gasteiger partial charge in [0.1, 0.15) is 0 Å². The second-order valence-corrected chi connectivity index (χ2v) is 5.15. The zero-order valence-electron chi connectivity index (χ0n) is 12.1. The van der Waals surface area contributed by atoms with E-state index in [-0.39, 0.29) is 6.10 Å². The van der Waals surface area contributed by atoms with E-state index in [1.54, 1.807) is 6.92 Å². The molecule has 0 aliphatic carbocycles. The van der Waals surface area contributed by atoms with Crippen molar-refractivity contribution in [1.29, 1.82) is 0 Å². The Kier molecular flexibility index (Phi) is 4.64. The Morgan fingerprint density at radius 1 is 1.10 bits per heavy atom. The average Bonchev–Trinajstić information content (AvgIpc) is 2.42. The van der Waals surface area contributed by atoms with Gasteiger partial charge in [0.25, 0.3) is 0 Å². The van der Waals surface area contributed by atoms with Crippen molar-refractivity contribution in [2.75, 3.05) is 11.1 Å². The van der Waals surface area contributed by atoms with E-state index in [4.69, 9.17) is 5.73 Å². The molecule has 3 heteroatoms.